The molecule has 0 spiro atoms. The topological polar surface area (TPSA) is 92.9 Å². The van der Waals surface area contributed by atoms with Gasteiger partial charge in [0.15, 0.2) is 11.5 Å². The van der Waals surface area contributed by atoms with Gasteiger partial charge in [-0.2, -0.15) is 0 Å². The fraction of sp³-hybridized carbons (Fsp3) is 0.185. The third kappa shape index (κ3) is 4.03. The minimum absolute atomic E-state index is 0.198. The van der Waals surface area contributed by atoms with E-state index in [1.807, 2.05) is 42.5 Å². The van der Waals surface area contributed by atoms with Gasteiger partial charge in [0.1, 0.15) is 5.75 Å². The van der Waals surface area contributed by atoms with Crippen LogP contribution in [0, 0.1) is 0 Å². The molecule has 1 aromatic heterocycles. The number of aromatic amines is 1. The molecule has 178 valence electrons. The number of ether oxygens (including phenoxy) is 3. The summed E-state index contributed by atoms with van der Waals surface area (Å²) in [5.74, 6) is 1.75. The van der Waals surface area contributed by atoms with Gasteiger partial charge >= 0.3 is 6.03 Å². The van der Waals surface area contributed by atoms with Crippen LogP contribution in [0.15, 0.2) is 65.6 Å². The molecule has 2 heterocycles. The van der Waals surface area contributed by atoms with Crippen LogP contribution in [-0.2, 0) is 6.42 Å². The third-order valence-electron chi connectivity index (χ3n) is 6.29. The van der Waals surface area contributed by atoms with E-state index < -0.39 is 0 Å². The van der Waals surface area contributed by atoms with Gasteiger partial charge in [-0.1, -0.05) is 18.2 Å². The van der Waals surface area contributed by atoms with Crippen LogP contribution in [0.5, 0.6) is 17.2 Å². The lowest BCUT2D eigenvalue weighted by atomic mass is 10.00. The molecule has 0 saturated carbocycles. The smallest absolute Gasteiger partial charge is 0.326 e. The number of fused-ring (bicyclic) bond motifs is 2. The predicted molar refractivity (Wildman–Crippen MR) is 136 cm³/mol. The Kier molecular flexibility index (Phi) is 5.78. The zero-order valence-electron chi connectivity index (χ0n) is 19.7. The van der Waals surface area contributed by atoms with E-state index in [0.29, 0.717) is 29.1 Å². The molecule has 5 rings (SSSR count). The Morgan fingerprint density at radius 3 is 2.31 bits per heavy atom. The van der Waals surface area contributed by atoms with E-state index in [-0.39, 0.29) is 11.6 Å². The molecule has 0 bridgehead atoms. The van der Waals surface area contributed by atoms with Crippen molar-refractivity contribution < 1.29 is 19.0 Å². The fourth-order valence-corrected chi connectivity index (χ4v) is 4.44. The summed E-state index contributed by atoms with van der Waals surface area (Å²) in [4.78, 5) is 29.9. The van der Waals surface area contributed by atoms with E-state index in [1.165, 1.54) is 7.11 Å². The summed E-state index contributed by atoms with van der Waals surface area (Å²) in [6.45, 7) is 0.612. The largest absolute Gasteiger partial charge is 0.497 e. The molecule has 1 aliphatic heterocycles. The second kappa shape index (κ2) is 9.06. The van der Waals surface area contributed by atoms with Crippen LogP contribution >= 0.6 is 0 Å². The van der Waals surface area contributed by atoms with Gasteiger partial charge < -0.3 is 24.5 Å². The molecule has 0 unspecified atom stereocenters. The number of carbonyl (C=O) groups excluding carboxylic acids is 1. The third-order valence-corrected chi connectivity index (χ3v) is 6.29. The number of pyridine rings is 1. The lowest BCUT2D eigenvalue weighted by molar-refractivity contribution is 0.257. The molecule has 1 aliphatic rings. The number of urea groups is 1. The molecular weight excluding hydrogens is 446 g/mol. The van der Waals surface area contributed by atoms with E-state index in [2.05, 4.69) is 10.3 Å². The summed E-state index contributed by atoms with van der Waals surface area (Å²) >= 11 is 0. The first-order chi connectivity index (χ1) is 17.0. The normalized spacial score (nSPS) is 12.4. The monoisotopic (exact) mass is 471 g/mol. The van der Waals surface area contributed by atoms with Gasteiger partial charge in [-0.05, 0) is 47.9 Å². The number of anilines is 2. The highest BCUT2D eigenvalue weighted by atomic mass is 16.5. The van der Waals surface area contributed by atoms with Crippen molar-refractivity contribution in [2.24, 2.45) is 0 Å². The molecule has 8 heteroatoms. The van der Waals surface area contributed by atoms with E-state index in [1.54, 1.807) is 37.4 Å². The van der Waals surface area contributed by atoms with Crippen LogP contribution in [0.2, 0.25) is 0 Å². The summed E-state index contributed by atoms with van der Waals surface area (Å²) in [7, 11) is 4.70. The maximum atomic E-state index is 13.0. The number of nitrogens with zero attached hydrogens (tertiary/aromatic N) is 1. The van der Waals surface area contributed by atoms with E-state index in [9.17, 15) is 9.59 Å². The Morgan fingerprint density at radius 2 is 1.63 bits per heavy atom. The second-order valence-corrected chi connectivity index (χ2v) is 8.19. The average molecular weight is 472 g/mol. The van der Waals surface area contributed by atoms with Crippen LogP contribution in [0.3, 0.4) is 0 Å². The molecule has 3 aromatic carbocycles. The van der Waals surface area contributed by atoms with Crippen LogP contribution in [0.1, 0.15) is 5.56 Å². The number of methoxy groups -OCH3 is 3. The quantitative estimate of drug-likeness (QED) is 0.436. The minimum atomic E-state index is -0.212. The van der Waals surface area contributed by atoms with Crippen molar-refractivity contribution in [3.05, 3.63) is 76.7 Å². The van der Waals surface area contributed by atoms with Crippen molar-refractivity contribution >= 4 is 28.2 Å². The lowest BCUT2D eigenvalue weighted by Gasteiger charge is -2.19. The van der Waals surface area contributed by atoms with Gasteiger partial charge in [0.2, 0.25) is 0 Å². The van der Waals surface area contributed by atoms with Gasteiger partial charge in [-0.3, -0.25) is 9.69 Å². The number of carbonyl (C=O) groups is 1. The molecule has 0 aliphatic carbocycles. The molecule has 8 nitrogen and oxygen atoms in total. The number of H-pyrrole nitrogens is 1. The second-order valence-electron chi connectivity index (χ2n) is 8.19. The summed E-state index contributed by atoms with van der Waals surface area (Å²) in [5.41, 5.74) is 4.15. The summed E-state index contributed by atoms with van der Waals surface area (Å²) < 4.78 is 16.1. The lowest BCUT2D eigenvalue weighted by Crippen LogP contribution is -2.33. The highest BCUT2D eigenvalue weighted by Gasteiger charge is 2.25. The number of aromatic nitrogens is 1. The van der Waals surface area contributed by atoms with Gasteiger partial charge in [0.05, 0.1) is 32.4 Å². The van der Waals surface area contributed by atoms with E-state index in [4.69, 9.17) is 14.2 Å². The number of rotatable bonds is 5. The van der Waals surface area contributed by atoms with Crippen molar-refractivity contribution in [1.82, 2.24) is 4.98 Å². The average Bonchev–Trinajstić information content (AvgIpc) is 3.32. The summed E-state index contributed by atoms with van der Waals surface area (Å²) in [6.07, 6.45) is 2.48. The fourth-order valence-electron chi connectivity index (χ4n) is 4.44. The molecule has 2 amide bonds. The van der Waals surface area contributed by atoms with Crippen LogP contribution in [0.25, 0.3) is 21.9 Å². The SMILES string of the molecule is COc1ccc2c(c1)N(C(=O)Nc1ccc(-c3c[nH]c(=O)c4cc(OC)c(OC)cc34)cc1)CC2. The number of hydrogen-bond donors (Lipinski definition) is 2. The van der Waals surface area contributed by atoms with E-state index in [0.717, 1.165) is 39.9 Å². The van der Waals surface area contributed by atoms with Gasteiger partial charge in [0, 0.05) is 35.4 Å². The first-order valence-electron chi connectivity index (χ1n) is 11.2. The van der Waals surface area contributed by atoms with Crippen LogP contribution in [0.4, 0.5) is 16.2 Å². The zero-order chi connectivity index (χ0) is 24.5. The minimum Gasteiger partial charge on any atom is -0.497 e. The molecular formula is C27H25N3O5. The predicted octanol–water partition coefficient (Wildman–Crippen LogP) is 4.82. The highest BCUT2D eigenvalue weighted by molar-refractivity contribution is 6.03. The maximum Gasteiger partial charge on any atom is 0.326 e. The highest BCUT2D eigenvalue weighted by Crippen LogP contribution is 2.36. The van der Waals surface area contributed by atoms with Gasteiger partial charge in [-0.25, -0.2) is 4.79 Å². The number of benzene rings is 3. The first-order valence-corrected chi connectivity index (χ1v) is 11.2. The standard InChI is InChI=1S/C27H25N3O5/c1-33-19-9-6-17-10-11-30(23(17)12-19)27(32)29-18-7-4-16(5-8-18)22-15-28-26(31)21-14-25(35-3)24(34-2)13-20(21)22/h4-9,12-15H,10-11H2,1-3H3,(H,28,31)(H,29,32). The van der Waals surface area contributed by atoms with Crippen molar-refractivity contribution in [2.75, 3.05) is 38.1 Å². The van der Waals surface area contributed by atoms with Gasteiger partial charge in [-0.15, -0.1) is 0 Å². The van der Waals surface area contributed by atoms with Crippen molar-refractivity contribution in [3.8, 4) is 28.4 Å². The Labute approximate surface area is 202 Å². The Bertz CT molecular complexity index is 1480. The zero-order valence-corrected chi connectivity index (χ0v) is 19.7. The Morgan fingerprint density at radius 1 is 0.914 bits per heavy atom. The van der Waals surface area contributed by atoms with Crippen LogP contribution in [-0.4, -0.2) is 38.9 Å². The maximum absolute atomic E-state index is 13.0. The molecule has 35 heavy (non-hydrogen) atoms. The molecule has 0 fully saturated rings. The molecule has 4 aromatic rings. The first kappa shape index (κ1) is 22.3. The van der Waals surface area contributed by atoms with Crippen molar-refractivity contribution in [3.63, 3.8) is 0 Å². The van der Waals surface area contributed by atoms with Gasteiger partial charge in [0.25, 0.3) is 5.56 Å². The molecule has 0 atom stereocenters. The number of nitrogens with one attached hydrogen (secondary N) is 2. The molecule has 2 N–H and O–H groups in total. The summed E-state index contributed by atoms with van der Waals surface area (Å²) in [6, 6.07) is 16.6. The van der Waals surface area contributed by atoms with Crippen LogP contribution < -0.4 is 30.0 Å². The molecule has 0 radical (unpaired) electrons. The molecule has 0 saturated heterocycles. The Balaban J connectivity index is 1.42. The van der Waals surface area contributed by atoms with Crippen molar-refractivity contribution in [2.45, 2.75) is 6.42 Å². The number of amides is 2. The Hall–Kier alpha value is -4.46. The van der Waals surface area contributed by atoms with E-state index >= 15 is 0 Å². The number of hydrogen-bond acceptors (Lipinski definition) is 5. The van der Waals surface area contributed by atoms with Crippen molar-refractivity contribution in [1.29, 1.82) is 0 Å². The summed E-state index contributed by atoms with van der Waals surface area (Å²) in [5, 5.41) is 4.21.